The van der Waals surface area contributed by atoms with Gasteiger partial charge in [0.05, 0.1) is 6.10 Å². The molecule has 0 aromatic heterocycles. The van der Waals surface area contributed by atoms with Crippen LogP contribution in [0, 0.1) is 11.8 Å². The molecule has 2 aliphatic rings. The monoisotopic (exact) mass is 338 g/mol. The molecule has 2 atom stereocenters. The number of rotatable bonds is 10. The van der Waals surface area contributed by atoms with E-state index in [1.165, 1.54) is 32.4 Å². The molecule has 0 amide bonds. The molecule has 2 unspecified atom stereocenters. The molecule has 1 aliphatic carbocycles. The van der Waals surface area contributed by atoms with Crippen LogP contribution in [0.15, 0.2) is 4.99 Å². The molecule has 2 N–H and O–H groups in total. The minimum atomic E-state index is 0.326. The smallest absolute Gasteiger partial charge is 0.191 e. The molecule has 2 fully saturated rings. The fourth-order valence-corrected chi connectivity index (χ4v) is 3.50. The Morgan fingerprint density at radius 3 is 2.62 bits per heavy atom. The van der Waals surface area contributed by atoms with Crippen molar-refractivity contribution in [1.82, 2.24) is 15.5 Å². The summed E-state index contributed by atoms with van der Waals surface area (Å²) in [7, 11) is 0. The lowest BCUT2D eigenvalue weighted by molar-refractivity contribution is 0.0258. The van der Waals surface area contributed by atoms with Gasteiger partial charge >= 0.3 is 0 Å². The van der Waals surface area contributed by atoms with Crippen LogP contribution in [0.1, 0.15) is 53.4 Å². The van der Waals surface area contributed by atoms with Gasteiger partial charge in [0.25, 0.3) is 0 Å². The van der Waals surface area contributed by atoms with Gasteiger partial charge in [-0.05, 0) is 57.9 Å². The van der Waals surface area contributed by atoms with Gasteiger partial charge in [-0.1, -0.05) is 13.8 Å². The highest BCUT2D eigenvalue weighted by Gasteiger charge is 2.34. The number of ether oxygens (including phenoxy) is 1. The van der Waals surface area contributed by atoms with Crippen LogP contribution >= 0.6 is 0 Å². The molecule has 5 heteroatoms. The van der Waals surface area contributed by atoms with E-state index < -0.39 is 0 Å². The van der Waals surface area contributed by atoms with Crippen molar-refractivity contribution in [1.29, 1.82) is 0 Å². The maximum absolute atomic E-state index is 5.82. The van der Waals surface area contributed by atoms with Gasteiger partial charge in [-0.15, -0.1) is 0 Å². The van der Waals surface area contributed by atoms with Crippen LogP contribution in [-0.4, -0.2) is 62.3 Å². The minimum absolute atomic E-state index is 0.326. The predicted molar refractivity (Wildman–Crippen MR) is 102 cm³/mol. The number of guanidine groups is 1. The summed E-state index contributed by atoms with van der Waals surface area (Å²) in [5.41, 5.74) is 0. The molecule has 24 heavy (non-hydrogen) atoms. The summed E-state index contributed by atoms with van der Waals surface area (Å²) in [6, 6.07) is 0.900. The van der Waals surface area contributed by atoms with E-state index in [-0.39, 0.29) is 0 Å². The lowest BCUT2D eigenvalue weighted by Gasteiger charge is -2.21. The molecule has 0 aromatic carbocycles. The van der Waals surface area contributed by atoms with Gasteiger partial charge in [0.15, 0.2) is 5.96 Å². The van der Waals surface area contributed by atoms with Crippen molar-refractivity contribution in [3.05, 3.63) is 0 Å². The van der Waals surface area contributed by atoms with Gasteiger partial charge in [-0.25, -0.2) is 0 Å². The minimum Gasteiger partial charge on any atom is -0.378 e. The molecule has 1 saturated carbocycles. The highest BCUT2D eigenvalue weighted by molar-refractivity contribution is 5.79. The van der Waals surface area contributed by atoms with Crippen LogP contribution in [0.4, 0.5) is 0 Å². The Labute approximate surface area is 148 Å². The van der Waals surface area contributed by atoms with Gasteiger partial charge in [-0.3, -0.25) is 4.99 Å². The second-order valence-electron chi connectivity index (χ2n) is 7.55. The molecule has 0 radical (unpaired) electrons. The summed E-state index contributed by atoms with van der Waals surface area (Å²) < 4.78 is 5.82. The first kappa shape index (κ1) is 19.5. The summed E-state index contributed by atoms with van der Waals surface area (Å²) in [6.07, 6.45) is 5.48. The molecule has 1 aliphatic heterocycles. The molecule has 140 valence electrons. The van der Waals surface area contributed by atoms with Gasteiger partial charge < -0.3 is 20.3 Å². The zero-order valence-electron chi connectivity index (χ0n) is 16.2. The van der Waals surface area contributed by atoms with Crippen LogP contribution in [0.5, 0.6) is 0 Å². The zero-order valence-corrected chi connectivity index (χ0v) is 16.2. The summed E-state index contributed by atoms with van der Waals surface area (Å²) >= 11 is 0. The summed E-state index contributed by atoms with van der Waals surface area (Å²) in [5.74, 6) is 2.24. The van der Waals surface area contributed by atoms with E-state index in [9.17, 15) is 0 Å². The molecule has 5 nitrogen and oxygen atoms in total. The van der Waals surface area contributed by atoms with Crippen molar-refractivity contribution < 1.29 is 4.74 Å². The number of nitrogens with zero attached hydrogens (tertiary/aromatic N) is 2. The van der Waals surface area contributed by atoms with Crippen LogP contribution in [0.2, 0.25) is 0 Å². The average molecular weight is 339 g/mol. The van der Waals surface area contributed by atoms with Crippen molar-refractivity contribution in [2.24, 2.45) is 16.8 Å². The van der Waals surface area contributed by atoms with Crippen molar-refractivity contribution in [3.63, 3.8) is 0 Å². The number of aliphatic imine (C=N–C) groups is 1. The van der Waals surface area contributed by atoms with E-state index in [1.54, 1.807) is 0 Å². The lowest BCUT2D eigenvalue weighted by Crippen LogP contribution is -2.39. The van der Waals surface area contributed by atoms with Gasteiger partial charge in [0.2, 0.25) is 0 Å². The Kier molecular flexibility index (Phi) is 8.33. The Morgan fingerprint density at radius 2 is 2.00 bits per heavy atom. The number of hydrogen-bond acceptors (Lipinski definition) is 3. The fourth-order valence-electron chi connectivity index (χ4n) is 3.50. The molecular weight excluding hydrogens is 300 g/mol. The molecule has 1 saturated heterocycles. The van der Waals surface area contributed by atoms with Crippen molar-refractivity contribution in [3.8, 4) is 0 Å². The maximum atomic E-state index is 5.82. The second kappa shape index (κ2) is 10.2. The van der Waals surface area contributed by atoms with E-state index in [2.05, 4.69) is 43.2 Å². The van der Waals surface area contributed by atoms with Crippen molar-refractivity contribution in [2.75, 3.05) is 39.3 Å². The Morgan fingerprint density at radius 1 is 1.21 bits per heavy atom. The fraction of sp³-hybridized carbons (Fsp3) is 0.947. The molecule has 0 aromatic rings. The van der Waals surface area contributed by atoms with E-state index >= 15 is 0 Å². The maximum Gasteiger partial charge on any atom is 0.191 e. The van der Waals surface area contributed by atoms with E-state index in [0.717, 1.165) is 50.6 Å². The third kappa shape index (κ3) is 6.60. The predicted octanol–water partition coefficient (Wildman–Crippen LogP) is 2.48. The average Bonchev–Trinajstić information content (AvgIpc) is 3.30. The van der Waals surface area contributed by atoms with E-state index in [4.69, 9.17) is 9.73 Å². The quantitative estimate of drug-likeness (QED) is 0.475. The Balaban J connectivity index is 1.71. The SMILES string of the molecule is CCNC(=NCC1CCN(C2CC2)C1)NCCC(OCC)C(C)C. The topological polar surface area (TPSA) is 48.9 Å². The standard InChI is InChI=1S/C19H38N4O/c1-5-20-19(21-11-9-18(15(3)4)24-6-2)22-13-16-10-12-23(14-16)17-7-8-17/h15-18H,5-14H2,1-4H3,(H2,20,21,22). The summed E-state index contributed by atoms with van der Waals surface area (Å²) in [5, 5.41) is 6.85. The van der Waals surface area contributed by atoms with E-state index in [0.29, 0.717) is 12.0 Å². The second-order valence-corrected chi connectivity index (χ2v) is 7.55. The van der Waals surface area contributed by atoms with Gasteiger partial charge in [0, 0.05) is 38.8 Å². The zero-order chi connectivity index (χ0) is 17.4. The highest BCUT2D eigenvalue weighted by atomic mass is 16.5. The summed E-state index contributed by atoms with van der Waals surface area (Å²) in [4.78, 5) is 7.49. The van der Waals surface area contributed by atoms with E-state index in [1.807, 2.05) is 0 Å². The van der Waals surface area contributed by atoms with Crippen LogP contribution in [-0.2, 0) is 4.74 Å². The molecular formula is C19H38N4O. The Bertz CT molecular complexity index is 382. The first-order chi connectivity index (χ1) is 11.6. The normalized spacial score (nSPS) is 23.7. The third-order valence-electron chi connectivity index (χ3n) is 5.08. The highest BCUT2D eigenvalue weighted by Crippen LogP contribution is 2.31. The molecule has 0 bridgehead atoms. The van der Waals surface area contributed by atoms with Gasteiger partial charge in [0.1, 0.15) is 0 Å². The van der Waals surface area contributed by atoms with Crippen LogP contribution in [0.3, 0.4) is 0 Å². The number of hydrogen-bond donors (Lipinski definition) is 2. The first-order valence-corrected chi connectivity index (χ1v) is 10.0. The van der Waals surface area contributed by atoms with Gasteiger partial charge in [-0.2, -0.15) is 0 Å². The lowest BCUT2D eigenvalue weighted by atomic mass is 10.0. The van der Waals surface area contributed by atoms with Crippen molar-refractivity contribution >= 4 is 5.96 Å². The number of nitrogens with one attached hydrogen (secondary N) is 2. The number of likely N-dealkylation sites (tertiary alicyclic amines) is 1. The molecule has 1 heterocycles. The largest absolute Gasteiger partial charge is 0.378 e. The van der Waals surface area contributed by atoms with Crippen LogP contribution in [0.25, 0.3) is 0 Å². The first-order valence-electron chi connectivity index (χ1n) is 10.0. The van der Waals surface area contributed by atoms with Crippen molar-refractivity contribution in [2.45, 2.75) is 65.5 Å². The summed E-state index contributed by atoms with van der Waals surface area (Å²) in [6.45, 7) is 14.7. The van der Waals surface area contributed by atoms with Crippen LogP contribution < -0.4 is 10.6 Å². The molecule has 0 spiro atoms. The third-order valence-corrected chi connectivity index (χ3v) is 5.08. The molecule has 2 rings (SSSR count). The Hall–Kier alpha value is -0.810.